The van der Waals surface area contributed by atoms with Crippen LogP contribution in [0.5, 0.6) is 0 Å². The van der Waals surface area contributed by atoms with Gasteiger partial charge in [0.2, 0.25) is 0 Å². The number of nitrogens with one attached hydrogen (secondary N) is 1. The van der Waals surface area contributed by atoms with Crippen LogP contribution in [-0.4, -0.2) is 28.3 Å². The van der Waals surface area contributed by atoms with E-state index in [9.17, 15) is 4.79 Å². The lowest BCUT2D eigenvalue weighted by atomic mass is 9.99. The molecule has 4 nitrogen and oxygen atoms in total. The molecule has 1 aromatic heterocycles. The summed E-state index contributed by atoms with van der Waals surface area (Å²) in [5, 5.41) is 4.72. The monoisotopic (exact) mass is 329 g/mol. The SMILES string of the molecule is Cc1nscc1C(=O)Nc1ccc(CN2CCC(C)CC2)cc1. The van der Waals surface area contributed by atoms with Gasteiger partial charge in [0.15, 0.2) is 0 Å². The maximum Gasteiger partial charge on any atom is 0.258 e. The largest absolute Gasteiger partial charge is 0.322 e. The molecule has 0 radical (unpaired) electrons. The first-order valence-electron chi connectivity index (χ1n) is 8.15. The summed E-state index contributed by atoms with van der Waals surface area (Å²) >= 11 is 1.31. The summed E-state index contributed by atoms with van der Waals surface area (Å²) in [4.78, 5) is 14.7. The number of carbonyl (C=O) groups excluding carboxylic acids is 1. The van der Waals surface area contributed by atoms with E-state index in [1.165, 1.54) is 43.0 Å². The predicted octanol–water partition coefficient (Wildman–Crippen LogP) is 3.94. The van der Waals surface area contributed by atoms with E-state index in [4.69, 9.17) is 0 Å². The van der Waals surface area contributed by atoms with Gasteiger partial charge in [-0.3, -0.25) is 9.69 Å². The second-order valence-electron chi connectivity index (χ2n) is 6.42. The molecule has 1 N–H and O–H groups in total. The van der Waals surface area contributed by atoms with Crippen LogP contribution in [-0.2, 0) is 6.54 Å². The quantitative estimate of drug-likeness (QED) is 0.924. The van der Waals surface area contributed by atoms with Crippen LogP contribution in [0.2, 0.25) is 0 Å². The van der Waals surface area contributed by atoms with E-state index in [1.54, 1.807) is 5.38 Å². The first-order valence-corrected chi connectivity index (χ1v) is 8.99. The van der Waals surface area contributed by atoms with Crippen LogP contribution >= 0.6 is 11.5 Å². The molecule has 1 saturated heterocycles. The second kappa shape index (κ2) is 7.23. The molecule has 0 atom stereocenters. The van der Waals surface area contributed by atoms with Crippen molar-refractivity contribution in [2.75, 3.05) is 18.4 Å². The average molecular weight is 329 g/mol. The smallest absolute Gasteiger partial charge is 0.258 e. The third-order valence-electron chi connectivity index (χ3n) is 4.49. The van der Waals surface area contributed by atoms with Gasteiger partial charge in [0.25, 0.3) is 5.91 Å². The van der Waals surface area contributed by atoms with Crippen molar-refractivity contribution in [2.24, 2.45) is 5.92 Å². The van der Waals surface area contributed by atoms with E-state index >= 15 is 0 Å². The highest BCUT2D eigenvalue weighted by Gasteiger charge is 2.16. The summed E-state index contributed by atoms with van der Waals surface area (Å²) in [6, 6.07) is 8.17. The Morgan fingerprint density at radius 1 is 1.30 bits per heavy atom. The minimum Gasteiger partial charge on any atom is -0.322 e. The standard InChI is InChI=1S/C18H23N3OS/c1-13-7-9-21(10-8-13)11-15-3-5-16(6-4-15)19-18(22)17-12-23-20-14(17)2/h3-6,12-13H,7-11H2,1-2H3,(H,19,22). The molecule has 2 heterocycles. The molecule has 1 aromatic carbocycles. The zero-order valence-corrected chi connectivity index (χ0v) is 14.5. The van der Waals surface area contributed by atoms with Gasteiger partial charge in [-0.2, -0.15) is 4.37 Å². The summed E-state index contributed by atoms with van der Waals surface area (Å²) < 4.78 is 4.14. The lowest BCUT2D eigenvalue weighted by Gasteiger charge is -2.30. The van der Waals surface area contributed by atoms with E-state index in [-0.39, 0.29) is 5.91 Å². The number of likely N-dealkylation sites (tertiary alicyclic amines) is 1. The third-order valence-corrected chi connectivity index (χ3v) is 5.21. The van der Waals surface area contributed by atoms with Crippen LogP contribution in [0.4, 0.5) is 5.69 Å². The fraction of sp³-hybridized carbons (Fsp3) is 0.444. The van der Waals surface area contributed by atoms with Crippen molar-refractivity contribution < 1.29 is 4.79 Å². The van der Waals surface area contributed by atoms with Crippen LogP contribution in [0.15, 0.2) is 29.6 Å². The highest BCUT2D eigenvalue weighted by Crippen LogP contribution is 2.19. The molecule has 1 aliphatic rings. The first-order chi connectivity index (χ1) is 11.1. The highest BCUT2D eigenvalue weighted by atomic mass is 32.1. The van der Waals surface area contributed by atoms with Crippen molar-refractivity contribution in [3.63, 3.8) is 0 Å². The van der Waals surface area contributed by atoms with Crippen molar-refractivity contribution in [3.05, 3.63) is 46.5 Å². The molecule has 2 aromatic rings. The number of anilines is 1. The lowest BCUT2D eigenvalue weighted by molar-refractivity contribution is 0.102. The van der Waals surface area contributed by atoms with Gasteiger partial charge < -0.3 is 5.32 Å². The molecule has 3 rings (SSSR count). The molecular formula is C18H23N3OS. The zero-order valence-electron chi connectivity index (χ0n) is 13.7. The summed E-state index contributed by atoms with van der Waals surface area (Å²) in [6.45, 7) is 7.55. The summed E-state index contributed by atoms with van der Waals surface area (Å²) in [5.41, 5.74) is 3.56. The van der Waals surface area contributed by atoms with E-state index in [0.29, 0.717) is 5.56 Å². The molecule has 0 unspecified atom stereocenters. The van der Waals surface area contributed by atoms with Crippen LogP contribution < -0.4 is 5.32 Å². The molecule has 0 spiro atoms. The highest BCUT2D eigenvalue weighted by molar-refractivity contribution is 7.04. The van der Waals surface area contributed by atoms with Gasteiger partial charge in [-0.05, 0) is 68.0 Å². The first kappa shape index (κ1) is 16.1. The van der Waals surface area contributed by atoms with Crippen LogP contribution in [0, 0.1) is 12.8 Å². The van der Waals surface area contributed by atoms with Crippen molar-refractivity contribution in [3.8, 4) is 0 Å². The van der Waals surface area contributed by atoms with Gasteiger partial charge >= 0.3 is 0 Å². The van der Waals surface area contributed by atoms with Crippen LogP contribution in [0.25, 0.3) is 0 Å². The molecule has 0 saturated carbocycles. The Morgan fingerprint density at radius 2 is 2.00 bits per heavy atom. The van der Waals surface area contributed by atoms with Gasteiger partial charge in [0, 0.05) is 17.6 Å². The van der Waals surface area contributed by atoms with E-state index in [0.717, 1.165) is 23.8 Å². The number of aryl methyl sites for hydroxylation is 1. The number of nitrogens with zero attached hydrogens (tertiary/aromatic N) is 2. The molecule has 23 heavy (non-hydrogen) atoms. The van der Waals surface area contributed by atoms with Gasteiger partial charge in [-0.25, -0.2) is 0 Å². The molecular weight excluding hydrogens is 306 g/mol. The number of rotatable bonds is 4. The lowest BCUT2D eigenvalue weighted by Crippen LogP contribution is -2.32. The molecule has 1 amide bonds. The average Bonchev–Trinajstić information content (AvgIpc) is 2.98. The fourth-order valence-electron chi connectivity index (χ4n) is 2.88. The van der Waals surface area contributed by atoms with Gasteiger partial charge in [0.1, 0.15) is 0 Å². The maximum absolute atomic E-state index is 12.2. The summed E-state index contributed by atoms with van der Waals surface area (Å²) in [6.07, 6.45) is 2.59. The van der Waals surface area contributed by atoms with E-state index in [2.05, 4.69) is 33.6 Å². The topological polar surface area (TPSA) is 45.2 Å². The molecule has 1 fully saturated rings. The number of benzene rings is 1. The second-order valence-corrected chi connectivity index (χ2v) is 7.05. The molecule has 0 aliphatic carbocycles. The Bertz CT molecular complexity index is 657. The predicted molar refractivity (Wildman–Crippen MR) is 94.9 cm³/mol. The fourth-order valence-corrected chi connectivity index (χ4v) is 3.57. The Balaban J connectivity index is 1.57. The molecule has 5 heteroatoms. The maximum atomic E-state index is 12.2. The van der Waals surface area contributed by atoms with E-state index in [1.807, 2.05) is 19.1 Å². The summed E-state index contributed by atoms with van der Waals surface area (Å²) in [5.74, 6) is 0.771. The Morgan fingerprint density at radius 3 is 2.61 bits per heavy atom. The minimum absolute atomic E-state index is 0.0889. The van der Waals surface area contributed by atoms with Gasteiger partial charge in [0.05, 0.1) is 11.3 Å². The van der Waals surface area contributed by atoms with Crippen LogP contribution in [0.1, 0.15) is 41.4 Å². The number of hydrogen-bond donors (Lipinski definition) is 1. The number of piperidine rings is 1. The number of aromatic nitrogens is 1. The third kappa shape index (κ3) is 4.18. The van der Waals surface area contributed by atoms with Gasteiger partial charge in [-0.15, -0.1) is 0 Å². The summed E-state index contributed by atoms with van der Waals surface area (Å²) in [7, 11) is 0. The van der Waals surface area contributed by atoms with Gasteiger partial charge in [-0.1, -0.05) is 19.1 Å². The normalized spacial score (nSPS) is 16.4. The Labute approximate surface area is 141 Å². The minimum atomic E-state index is -0.0889. The van der Waals surface area contributed by atoms with Crippen molar-refractivity contribution >= 4 is 23.1 Å². The Kier molecular flexibility index (Phi) is 5.08. The van der Waals surface area contributed by atoms with Crippen molar-refractivity contribution in [2.45, 2.75) is 33.2 Å². The zero-order chi connectivity index (χ0) is 16.2. The number of carbonyl (C=O) groups is 1. The number of hydrogen-bond acceptors (Lipinski definition) is 4. The molecule has 1 aliphatic heterocycles. The molecule has 0 bridgehead atoms. The van der Waals surface area contributed by atoms with Crippen molar-refractivity contribution in [1.29, 1.82) is 0 Å². The van der Waals surface area contributed by atoms with Crippen molar-refractivity contribution in [1.82, 2.24) is 9.27 Å². The number of amides is 1. The van der Waals surface area contributed by atoms with Crippen LogP contribution in [0.3, 0.4) is 0 Å². The Hall–Kier alpha value is -1.72. The van der Waals surface area contributed by atoms with E-state index < -0.39 is 0 Å². The molecule has 122 valence electrons.